The highest BCUT2D eigenvalue weighted by atomic mass is 32.1. The van der Waals surface area contributed by atoms with Gasteiger partial charge in [0.1, 0.15) is 5.82 Å². The molecular weight excluding hydrogens is 268 g/mol. The van der Waals surface area contributed by atoms with Crippen LogP contribution >= 0.6 is 11.3 Å². The van der Waals surface area contributed by atoms with Crippen LogP contribution in [0.4, 0.5) is 5.82 Å². The number of anilines is 1. The molecule has 3 nitrogen and oxygen atoms in total. The van der Waals surface area contributed by atoms with Gasteiger partial charge in [0.05, 0.1) is 13.2 Å². The van der Waals surface area contributed by atoms with Gasteiger partial charge >= 0.3 is 0 Å². The topological polar surface area (TPSA) is 36.4 Å². The zero-order valence-corrected chi connectivity index (χ0v) is 13.4. The van der Waals surface area contributed by atoms with Gasteiger partial charge in [0.15, 0.2) is 0 Å². The van der Waals surface area contributed by atoms with Gasteiger partial charge in [0.2, 0.25) is 0 Å². The predicted molar refractivity (Wildman–Crippen MR) is 85.3 cm³/mol. The predicted octanol–water partition coefficient (Wildman–Crippen LogP) is 3.57. The van der Waals surface area contributed by atoms with Crippen molar-refractivity contribution in [3.05, 3.63) is 45.8 Å². The number of pyridine rings is 1. The molecule has 0 unspecified atom stereocenters. The summed E-state index contributed by atoms with van der Waals surface area (Å²) in [5.41, 5.74) is 1.90. The highest BCUT2D eigenvalue weighted by Crippen LogP contribution is 2.25. The number of nitrogens with zero attached hydrogens (tertiary/aromatic N) is 2. The average molecular weight is 290 g/mol. The number of rotatable bonds is 4. The van der Waals surface area contributed by atoms with Gasteiger partial charge in [-0.25, -0.2) is 4.98 Å². The summed E-state index contributed by atoms with van der Waals surface area (Å²) in [7, 11) is 2.04. The van der Waals surface area contributed by atoms with Gasteiger partial charge in [-0.05, 0) is 29.1 Å². The third kappa shape index (κ3) is 3.58. The SMILES string of the molecule is CN(Cc1cccs1)c1cc(CO)cc(C(C)(C)C)n1. The van der Waals surface area contributed by atoms with E-state index in [4.69, 9.17) is 4.98 Å². The molecule has 0 spiro atoms. The molecule has 20 heavy (non-hydrogen) atoms. The zero-order valence-electron chi connectivity index (χ0n) is 12.6. The van der Waals surface area contributed by atoms with Crippen molar-refractivity contribution in [2.24, 2.45) is 0 Å². The van der Waals surface area contributed by atoms with Gasteiger partial charge in [-0.2, -0.15) is 0 Å². The van der Waals surface area contributed by atoms with Crippen LogP contribution in [0.5, 0.6) is 0 Å². The molecule has 1 N–H and O–H groups in total. The lowest BCUT2D eigenvalue weighted by atomic mass is 9.91. The number of aliphatic hydroxyl groups is 1. The maximum atomic E-state index is 9.45. The van der Waals surface area contributed by atoms with Crippen molar-refractivity contribution < 1.29 is 5.11 Å². The van der Waals surface area contributed by atoms with Crippen LogP contribution in [0, 0.1) is 0 Å². The minimum atomic E-state index is -0.0241. The third-order valence-corrected chi connectivity index (χ3v) is 4.05. The van der Waals surface area contributed by atoms with E-state index in [9.17, 15) is 5.11 Å². The zero-order chi connectivity index (χ0) is 14.8. The third-order valence-electron chi connectivity index (χ3n) is 3.19. The van der Waals surface area contributed by atoms with Crippen molar-refractivity contribution in [2.75, 3.05) is 11.9 Å². The quantitative estimate of drug-likeness (QED) is 0.935. The summed E-state index contributed by atoms with van der Waals surface area (Å²) in [6, 6.07) is 8.14. The highest BCUT2D eigenvalue weighted by Gasteiger charge is 2.18. The van der Waals surface area contributed by atoms with Crippen LogP contribution in [-0.2, 0) is 18.6 Å². The number of aromatic nitrogens is 1. The molecule has 0 aromatic carbocycles. The number of hydrogen-bond donors (Lipinski definition) is 1. The Kier molecular flexibility index (Phi) is 4.45. The van der Waals surface area contributed by atoms with E-state index < -0.39 is 0 Å². The molecule has 0 aliphatic carbocycles. The molecule has 2 heterocycles. The molecule has 0 atom stereocenters. The first kappa shape index (κ1) is 15.0. The van der Waals surface area contributed by atoms with E-state index in [1.54, 1.807) is 11.3 Å². The van der Waals surface area contributed by atoms with Crippen LogP contribution in [0.25, 0.3) is 0 Å². The molecule has 2 aromatic heterocycles. The van der Waals surface area contributed by atoms with E-state index in [2.05, 4.69) is 43.2 Å². The second-order valence-electron chi connectivity index (χ2n) is 6.06. The lowest BCUT2D eigenvalue weighted by Crippen LogP contribution is -2.21. The molecule has 0 aliphatic rings. The van der Waals surface area contributed by atoms with Crippen LogP contribution in [0.3, 0.4) is 0 Å². The van der Waals surface area contributed by atoms with Crippen molar-refractivity contribution >= 4 is 17.2 Å². The number of thiophene rings is 1. The van der Waals surface area contributed by atoms with Crippen molar-refractivity contribution in [2.45, 2.75) is 39.3 Å². The minimum absolute atomic E-state index is 0.0241. The Labute approximate surface area is 124 Å². The Morgan fingerprint density at radius 3 is 2.60 bits per heavy atom. The molecule has 2 aromatic rings. The van der Waals surface area contributed by atoms with Gasteiger partial charge in [-0.3, -0.25) is 0 Å². The van der Waals surface area contributed by atoms with Crippen molar-refractivity contribution in [1.29, 1.82) is 0 Å². The molecule has 0 bridgehead atoms. The van der Waals surface area contributed by atoms with E-state index in [0.717, 1.165) is 23.6 Å². The van der Waals surface area contributed by atoms with Gasteiger partial charge in [0.25, 0.3) is 0 Å². The molecule has 0 saturated heterocycles. The average Bonchev–Trinajstić information content (AvgIpc) is 2.90. The van der Waals surface area contributed by atoms with Crippen LogP contribution in [-0.4, -0.2) is 17.1 Å². The van der Waals surface area contributed by atoms with Gasteiger partial charge < -0.3 is 10.0 Å². The Hall–Kier alpha value is -1.39. The first-order chi connectivity index (χ1) is 9.40. The molecule has 0 saturated carbocycles. The Morgan fingerprint density at radius 1 is 1.30 bits per heavy atom. The lowest BCUT2D eigenvalue weighted by Gasteiger charge is -2.23. The second kappa shape index (κ2) is 5.94. The monoisotopic (exact) mass is 290 g/mol. The summed E-state index contributed by atoms with van der Waals surface area (Å²) in [5, 5.41) is 11.5. The summed E-state index contributed by atoms with van der Waals surface area (Å²) in [6.45, 7) is 7.30. The fourth-order valence-corrected chi connectivity index (χ4v) is 2.72. The summed E-state index contributed by atoms with van der Waals surface area (Å²) in [6.07, 6.45) is 0. The summed E-state index contributed by atoms with van der Waals surface area (Å²) >= 11 is 1.75. The van der Waals surface area contributed by atoms with Gasteiger partial charge in [-0.1, -0.05) is 26.8 Å². The number of hydrogen-bond acceptors (Lipinski definition) is 4. The first-order valence-corrected chi connectivity index (χ1v) is 7.64. The standard InChI is InChI=1S/C16H22N2OS/c1-16(2,3)14-8-12(11-19)9-15(17-14)18(4)10-13-6-5-7-20-13/h5-9,19H,10-11H2,1-4H3. The minimum Gasteiger partial charge on any atom is -0.392 e. The normalized spacial score (nSPS) is 11.7. The maximum Gasteiger partial charge on any atom is 0.129 e. The van der Waals surface area contributed by atoms with Gasteiger partial charge in [0, 0.05) is 23.0 Å². The summed E-state index contributed by atoms with van der Waals surface area (Å²) < 4.78 is 0. The molecule has 0 amide bonds. The van der Waals surface area contributed by atoms with Crippen LogP contribution < -0.4 is 4.90 Å². The largest absolute Gasteiger partial charge is 0.392 e. The van der Waals surface area contributed by atoms with E-state index >= 15 is 0 Å². The van der Waals surface area contributed by atoms with Crippen LogP contribution in [0.2, 0.25) is 0 Å². The van der Waals surface area contributed by atoms with E-state index in [0.29, 0.717) is 0 Å². The number of aliphatic hydroxyl groups excluding tert-OH is 1. The van der Waals surface area contributed by atoms with E-state index in [-0.39, 0.29) is 12.0 Å². The molecule has 4 heteroatoms. The summed E-state index contributed by atoms with van der Waals surface area (Å²) in [5.74, 6) is 0.912. The lowest BCUT2D eigenvalue weighted by molar-refractivity contribution is 0.281. The Morgan fingerprint density at radius 2 is 2.05 bits per heavy atom. The highest BCUT2D eigenvalue weighted by molar-refractivity contribution is 7.09. The maximum absolute atomic E-state index is 9.45. The fourth-order valence-electron chi connectivity index (χ4n) is 1.96. The van der Waals surface area contributed by atoms with Crippen LogP contribution in [0.1, 0.15) is 36.9 Å². The Balaban J connectivity index is 2.30. The molecule has 0 fully saturated rings. The van der Waals surface area contributed by atoms with E-state index in [1.165, 1.54) is 4.88 Å². The molecule has 2 rings (SSSR count). The molecule has 0 aliphatic heterocycles. The smallest absolute Gasteiger partial charge is 0.129 e. The first-order valence-electron chi connectivity index (χ1n) is 6.76. The summed E-state index contributed by atoms with van der Waals surface area (Å²) in [4.78, 5) is 8.18. The van der Waals surface area contributed by atoms with E-state index in [1.807, 2.05) is 19.2 Å². The molecule has 0 radical (unpaired) electrons. The van der Waals surface area contributed by atoms with Crippen molar-refractivity contribution in [3.63, 3.8) is 0 Å². The Bertz CT molecular complexity index is 558. The second-order valence-corrected chi connectivity index (χ2v) is 7.09. The fraction of sp³-hybridized carbons (Fsp3) is 0.438. The van der Waals surface area contributed by atoms with Crippen molar-refractivity contribution in [3.8, 4) is 0 Å². The van der Waals surface area contributed by atoms with Crippen LogP contribution in [0.15, 0.2) is 29.6 Å². The van der Waals surface area contributed by atoms with Gasteiger partial charge in [-0.15, -0.1) is 11.3 Å². The molecular formula is C16H22N2OS. The molecule has 108 valence electrons. The van der Waals surface area contributed by atoms with Crippen molar-refractivity contribution in [1.82, 2.24) is 4.98 Å².